The van der Waals surface area contributed by atoms with Crippen LogP contribution in [0.25, 0.3) is 0 Å². The van der Waals surface area contributed by atoms with E-state index >= 15 is 0 Å². The number of rotatable bonds is 1. The highest BCUT2D eigenvalue weighted by Gasteiger charge is 2.30. The van der Waals surface area contributed by atoms with Crippen LogP contribution < -0.4 is 5.06 Å². The van der Waals surface area contributed by atoms with E-state index in [0.717, 1.165) is 12.2 Å². The van der Waals surface area contributed by atoms with Crippen molar-refractivity contribution in [3.8, 4) is 0 Å². The molecule has 3 heteroatoms. The van der Waals surface area contributed by atoms with E-state index in [9.17, 15) is 0 Å². The maximum atomic E-state index is 5.12. The first-order valence-corrected chi connectivity index (χ1v) is 5.42. The van der Waals surface area contributed by atoms with Crippen LogP contribution in [-0.2, 0) is 4.84 Å². The van der Waals surface area contributed by atoms with Gasteiger partial charge in [0.25, 0.3) is 0 Å². The molecule has 0 aromatic heterocycles. The minimum atomic E-state index is 0.173. The molecule has 0 saturated heterocycles. The SMILES string of the molecule is [CH2]ON1CC(C)(C)Sc2ccccc21. The molecule has 1 aromatic carbocycles. The molecule has 2 rings (SSSR count). The third kappa shape index (κ3) is 1.74. The molecule has 0 bridgehead atoms. The van der Waals surface area contributed by atoms with Crippen molar-refractivity contribution in [1.29, 1.82) is 0 Å². The van der Waals surface area contributed by atoms with Crippen molar-refractivity contribution >= 4 is 17.4 Å². The van der Waals surface area contributed by atoms with Gasteiger partial charge in [0.1, 0.15) is 7.11 Å². The first-order valence-electron chi connectivity index (χ1n) is 4.60. The largest absolute Gasteiger partial charge is 0.271 e. The topological polar surface area (TPSA) is 12.5 Å². The first-order chi connectivity index (χ1) is 6.62. The van der Waals surface area contributed by atoms with E-state index in [2.05, 4.69) is 39.2 Å². The molecule has 1 aliphatic heterocycles. The zero-order chi connectivity index (χ0) is 10.2. The number of hydrogen-bond donors (Lipinski definition) is 0. The Morgan fingerprint density at radius 3 is 2.86 bits per heavy atom. The molecular formula is C11H14NOS. The van der Waals surface area contributed by atoms with Crippen molar-refractivity contribution in [3.63, 3.8) is 0 Å². The smallest absolute Gasteiger partial charge is 0.101 e. The fourth-order valence-corrected chi connectivity index (χ4v) is 2.82. The summed E-state index contributed by atoms with van der Waals surface area (Å²) in [4.78, 5) is 6.38. The molecule has 0 fully saturated rings. The van der Waals surface area contributed by atoms with E-state index in [1.807, 2.05) is 22.9 Å². The van der Waals surface area contributed by atoms with Crippen molar-refractivity contribution in [2.24, 2.45) is 0 Å². The summed E-state index contributed by atoms with van der Waals surface area (Å²) in [5, 5.41) is 1.85. The lowest BCUT2D eigenvalue weighted by Crippen LogP contribution is -2.39. The van der Waals surface area contributed by atoms with Crippen LogP contribution in [0.2, 0.25) is 0 Å². The quantitative estimate of drug-likeness (QED) is 0.703. The van der Waals surface area contributed by atoms with Crippen LogP contribution in [-0.4, -0.2) is 11.3 Å². The Bertz CT molecular complexity index is 338. The summed E-state index contributed by atoms with van der Waals surface area (Å²) < 4.78 is 0.173. The molecule has 2 nitrogen and oxygen atoms in total. The average Bonchev–Trinajstić information content (AvgIpc) is 2.15. The zero-order valence-corrected chi connectivity index (χ0v) is 9.30. The van der Waals surface area contributed by atoms with Gasteiger partial charge in [-0.1, -0.05) is 12.1 Å². The number of fused-ring (bicyclic) bond motifs is 1. The van der Waals surface area contributed by atoms with Crippen molar-refractivity contribution in [2.75, 3.05) is 11.6 Å². The molecule has 1 aliphatic rings. The van der Waals surface area contributed by atoms with Crippen molar-refractivity contribution in [2.45, 2.75) is 23.5 Å². The van der Waals surface area contributed by atoms with Gasteiger partial charge in [-0.15, -0.1) is 11.8 Å². The molecule has 14 heavy (non-hydrogen) atoms. The van der Waals surface area contributed by atoms with Crippen LogP contribution in [0.4, 0.5) is 5.69 Å². The summed E-state index contributed by atoms with van der Waals surface area (Å²) >= 11 is 1.88. The fraction of sp³-hybridized carbons (Fsp3) is 0.364. The summed E-state index contributed by atoms with van der Waals surface area (Å²) in [6, 6.07) is 8.24. The summed E-state index contributed by atoms with van der Waals surface area (Å²) in [7, 11) is 3.49. The van der Waals surface area contributed by atoms with Crippen LogP contribution in [0.15, 0.2) is 29.2 Å². The molecule has 0 atom stereocenters. The molecule has 0 aliphatic carbocycles. The second kappa shape index (κ2) is 3.48. The molecule has 0 amide bonds. The van der Waals surface area contributed by atoms with E-state index in [4.69, 9.17) is 4.84 Å². The number of thioether (sulfide) groups is 1. The summed E-state index contributed by atoms with van der Waals surface area (Å²) in [6.45, 7) is 5.28. The standard InChI is InChI=1S/C11H14NOS/c1-11(2)8-12(13-3)9-6-4-5-7-10(9)14-11/h4-7H,3,8H2,1-2H3. The Balaban J connectivity index is 2.41. The maximum absolute atomic E-state index is 5.12. The predicted octanol–water partition coefficient (Wildman–Crippen LogP) is 3.10. The molecule has 0 unspecified atom stereocenters. The Labute approximate surface area is 89.2 Å². The van der Waals surface area contributed by atoms with Gasteiger partial charge < -0.3 is 0 Å². The Kier molecular flexibility index (Phi) is 2.45. The van der Waals surface area contributed by atoms with Gasteiger partial charge in [-0.3, -0.25) is 9.90 Å². The fourth-order valence-electron chi connectivity index (χ4n) is 1.63. The number of para-hydroxylation sites is 1. The third-order valence-corrected chi connectivity index (χ3v) is 3.45. The number of anilines is 1. The molecule has 75 valence electrons. The lowest BCUT2D eigenvalue weighted by Gasteiger charge is -2.38. The summed E-state index contributed by atoms with van der Waals surface area (Å²) in [5.41, 5.74) is 1.12. The van der Waals surface area contributed by atoms with E-state index in [1.165, 1.54) is 4.90 Å². The highest BCUT2D eigenvalue weighted by atomic mass is 32.2. The molecular weight excluding hydrogens is 194 g/mol. The maximum Gasteiger partial charge on any atom is 0.101 e. The average molecular weight is 208 g/mol. The molecule has 0 saturated carbocycles. The van der Waals surface area contributed by atoms with E-state index in [0.29, 0.717) is 0 Å². The lowest BCUT2D eigenvalue weighted by molar-refractivity contribution is 0.197. The van der Waals surface area contributed by atoms with Gasteiger partial charge in [0.15, 0.2) is 0 Å². The minimum Gasteiger partial charge on any atom is -0.271 e. The first kappa shape index (κ1) is 9.87. The number of hydrogen-bond acceptors (Lipinski definition) is 3. The van der Waals surface area contributed by atoms with Crippen LogP contribution >= 0.6 is 11.8 Å². The van der Waals surface area contributed by atoms with E-state index in [-0.39, 0.29) is 4.75 Å². The molecule has 1 heterocycles. The van der Waals surface area contributed by atoms with Gasteiger partial charge in [0.2, 0.25) is 0 Å². The van der Waals surface area contributed by atoms with E-state index < -0.39 is 0 Å². The molecule has 1 aromatic rings. The second-order valence-corrected chi connectivity index (χ2v) is 5.74. The van der Waals surface area contributed by atoms with E-state index in [1.54, 1.807) is 0 Å². The number of hydroxylamine groups is 1. The lowest BCUT2D eigenvalue weighted by atomic mass is 10.2. The number of benzene rings is 1. The van der Waals surface area contributed by atoms with Gasteiger partial charge in [-0.25, -0.2) is 0 Å². The van der Waals surface area contributed by atoms with Gasteiger partial charge in [-0.05, 0) is 26.0 Å². The molecule has 0 spiro atoms. The normalized spacial score (nSPS) is 19.2. The van der Waals surface area contributed by atoms with Crippen LogP contribution in [0.1, 0.15) is 13.8 Å². The van der Waals surface area contributed by atoms with Gasteiger partial charge >= 0.3 is 0 Å². The second-order valence-electron chi connectivity index (χ2n) is 4.00. The van der Waals surface area contributed by atoms with Gasteiger partial charge in [0, 0.05) is 9.64 Å². The zero-order valence-electron chi connectivity index (χ0n) is 8.49. The Morgan fingerprint density at radius 1 is 1.43 bits per heavy atom. The highest BCUT2D eigenvalue weighted by Crippen LogP contribution is 2.43. The van der Waals surface area contributed by atoms with Crippen LogP contribution in [0, 0.1) is 7.11 Å². The van der Waals surface area contributed by atoms with Crippen molar-refractivity contribution in [1.82, 2.24) is 0 Å². The minimum absolute atomic E-state index is 0.173. The summed E-state index contributed by atoms with van der Waals surface area (Å²) in [6.07, 6.45) is 0. The Morgan fingerprint density at radius 2 is 2.14 bits per heavy atom. The van der Waals surface area contributed by atoms with Crippen molar-refractivity contribution in [3.05, 3.63) is 31.4 Å². The monoisotopic (exact) mass is 208 g/mol. The summed E-state index contributed by atoms with van der Waals surface area (Å²) in [5.74, 6) is 0. The van der Waals surface area contributed by atoms with Gasteiger partial charge in [0.05, 0.1) is 12.2 Å². The van der Waals surface area contributed by atoms with Crippen LogP contribution in [0.5, 0.6) is 0 Å². The Hall–Kier alpha value is -0.670. The van der Waals surface area contributed by atoms with Gasteiger partial charge in [-0.2, -0.15) is 0 Å². The number of nitrogens with zero attached hydrogens (tertiary/aromatic N) is 1. The molecule has 1 radical (unpaired) electrons. The molecule has 0 N–H and O–H groups in total. The highest BCUT2D eigenvalue weighted by molar-refractivity contribution is 8.00. The van der Waals surface area contributed by atoms with Crippen molar-refractivity contribution < 1.29 is 4.84 Å². The van der Waals surface area contributed by atoms with Crippen LogP contribution in [0.3, 0.4) is 0 Å². The third-order valence-electron chi connectivity index (χ3n) is 2.20. The predicted molar refractivity (Wildman–Crippen MR) is 60.2 cm³/mol.